The Morgan fingerprint density at radius 1 is 0.964 bits per heavy atom. The summed E-state index contributed by atoms with van der Waals surface area (Å²) in [5.74, 6) is 0.205. The van der Waals surface area contributed by atoms with Crippen LogP contribution in [0.1, 0.15) is 10.4 Å². The minimum Gasteiger partial charge on any atom is -0.340 e. The van der Waals surface area contributed by atoms with E-state index >= 15 is 0 Å². The predicted octanol–water partition coefficient (Wildman–Crippen LogP) is 3.68. The summed E-state index contributed by atoms with van der Waals surface area (Å²) in [7, 11) is 1.90. The molecule has 0 spiro atoms. The Morgan fingerprint density at radius 3 is 2.50 bits per heavy atom. The number of nitrogens with zero attached hydrogens (tertiary/aromatic N) is 3. The molecule has 0 atom stereocenters. The summed E-state index contributed by atoms with van der Waals surface area (Å²) in [6, 6.07) is 19.3. The maximum Gasteiger partial charge on any atom is 0.236 e. The molecule has 0 radical (unpaired) electrons. The third-order valence-corrected chi connectivity index (χ3v) is 6.36. The fraction of sp³-hybridized carbons (Fsp3) is 0.348. The molecule has 28 heavy (non-hydrogen) atoms. The van der Waals surface area contributed by atoms with Gasteiger partial charge in [-0.05, 0) is 27.8 Å². The van der Waals surface area contributed by atoms with Crippen LogP contribution in [0, 0.1) is 0 Å². The molecule has 0 unspecified atom stereocenters. The van der Waals surface area contributed by atoms with E-state index in [0.29, 0.717) is 13.1 Å². The van der Waals surface area contributed by atoms with Gasteiger partial charge in [0.05, 0.1) is 13.1 Å². The molecule has 4 rings (SSSR count). The zero-order valence-electron chi connectivity index (χ0n) is 16.4. The summed E-state index contributed by atoms with van der Waals surface area (Å²) in [6.07, 6.45) is 0. The van der Waals surface area contributed by atoms with Crippen molar-refractivity contribution < 1.29 is 4.79 Å². The van der Waals surface area contributed by atoms with Gasteiger partial charge in [-0.15, -0.1) is 11.3 Å². The number of thiophene rings is 1. The molecule has 0 saturated carbocycles. The lowest BCUT2D eigenvalue weighted by atomic mass is 10.0. The van der Waals surface area contributed by atoms with Crippen molar-refractivity contribution in [1.82, 2.24) is 14.7 Å². The highest BCUT2D eigenvalue weighted by atomic mass is 32.1. The summed E-state index contributed by atoms with van der Waals surface area (Å²) < 4.78 is 0. The molecule has 5 heteroatoms. The van der Waals surface area contributed by atoms with Gasteiger partial charge >= 0.3 is 0 Å². The molecule has 0 N–H and O–H groups in total. The molecule has 1 amide bonds. The minimum atomic E-state index is 0.205. The third-order valence-electron chi connectivity index (χ3n) is 5.50. The monoisotopic (exact) mass is 393 g/mol. The van der Waals surface area contributed by atoms with E-state index in [0.717, 1.165) is 32.7 Å². The molecule has 2 aromatic carbocycles. The van der Waals surface area contributed by atoms with Crippen molar-refractivity contribution in [2.45, 2.75) is 13.1 Å². The number of benzene rings is 2. The van der Waals surface area contributed by atoms with Crippen LogP contribution in [0.25, 0.3) is 10.8 Å². The van der Waals surface area contributed by atoms with Gasteiger partial charge in [-0.2, -0.15) is 0 Å². The quantitative estimate of drug-likeness (QED) is 0.639. The average molecular weight is 394 g/mol. The number of amides is 1. The minimum absolute atomic E-state index is 0.205. The Hall–Kier alpha value is -2.21. The second-order valence-electron chi connectivity index (χ2n) is 7.52. The number of hydrogen-bond acceptors (Lipinski definition) is 4. The van der Waals surface area contributed by atoms with Crippen molar-refractivity contribution in [2.75, 3.05) is 39.8 Å². The number of piperazine rings is 1. The van der Waals surface area contributed by atoms with Gasteiger partial charge in [0.15, 0.2) is 0 Å². The molecular formula is C23H27N3OS. The molecule has 1 fully saturated rings. The Bertz CT molecular complexity index is 911. The maximum atomic E-state index is 12.5. The predicted molar refractivity (Wildman–Crippen MR) is 116 cm³/mol. The number of fused-ring (bicyclic) bond motifs is 1. The first kappa shape index (κ1) is 19.1. The van der Waals surface area contributed by atoms with Crippen LogP contribution in [0.15, 0.2) is 60.0 Å². The molecule has 0 bridgehead atoms. The third kappa shape index (κ3) is 4.61. The number of carbonyl (C=O) groups is 1. The fourth-order valence-corrected chi connectivity index (χ4v) is 4.57. The summed E-state index contributed by atoms with van der Waals surface area (Å²) in [5, 5.41) is 4.71. The molecule has 4 nitrogen and oxygen atoms in total. The van der Waals surface area contributed by atoms with E-state index in [4.69, 9.17) is 0 Å². The van der Waals surface area contributed by atoms with Gasteiger partial charge in [0.2, 0.25) is 5.91 Å². The topological polar surface area (TPSA) is 26.8 Å². The van der Waals surface area contributed by atoms with Gasteiger partial charge < -0.3 is 4.90 Å². The smallest absolute Gasteiger partial charge is 0.236 e. The zero-order chi connectivity index (χ0) is 19.3. The van der Waals surface area contributed by atoms with Crippen LogP contribution in [0.4, 0.5) is 0 Å². The zero-order valence-corrected chi connectivity index (χ0v) is 17.2. The highest BCUT2D eigenvalue weighted by Crippen LogP contribution is 2.20. The summed E-state index contributed by atoms with van der Waals surface area (Å²) in [6.45, 7) is 6.10. The summed E-state index contributed by atoms with van der Waals surface area (Å²) in [4.78, 5) is 20.4. The Kier molecular flexibility index (Phi) is 6.05. The van der Waals surface area contributed by atoms with Crippen molar-refractivity contribution in [1.29, 1.82) is 0 Å². The van der Waals surface area contributed by atoms with Crippen LogP contribution < -0.4 is 0 Å². The molecule has 0 aliphatic carbocycles. The first-order valence-electron chi connectivity index (χ1n) is 9.87. The van der Waals surface area contributed by atoms with Crippen molar-refractivity contribution in [2.24, 2.45) is 0 Å². The van der Waals surface area contributed by atoms with Crippen LogP contribution in [0.2, 0.25) is 0 Å². The van der Waals surface area contributed by atoms with E-state index < -0.39 is 0 Å². The molecule has 3 aromatic rings. The lowest BCUT2D eigenvalue weighted by molar-refractivity contribution is -0.132. The second kappa shape index (κ2) is 8.86. The van der Waals surface area contributed by atoms with Gasteiger partial charge in [-0.25, -0.2) is 0 Å². The SMILES string of the molecule is CN(Cc1cccs1)C(=O)CN1CCN(Cc2cccc3ccccc23)CC1. The molecule has 2 heterocycles. The number of likely N-dealkylation sites (N-methyl/N-ethyl adjacent to an activating group) is 1. The Morgan fingerprint density at radius 2 is 1.71 bits per heavy atom. The summed E-state index contributed by atoms with van der Waals surface area (Å²) in [5.41, 5.74) is 1.39. The number of carbonyl (C=O) groups excluding carboxylic acids is 1. The highest BCUT2D eigenvalue weighted by Gasteiger charge is 2.21. The summed E-state index contributed by atoms with van der Waals surface area (Å²) >= 11 is 1.70. The van der Waals surface area contributed by atoms with Crippen LogP contribution in [0.5, 0.6) is 0 Å². The van der Waals surface area contributed by atoms with Crippen LogP contribution in [0.3, 0.4) is 0 Å². The van der Waals surface area contributed by atoms with E-state index in [1.165, 1.54) is 21.2 Å². The van der Waals surface area contributed by atoms with Crippen LogP contribution in [-0.4, -0.2) is 60.4 Å². The molecule has 1 aromatic heterocycles. The Balaban J connectivity index is 1.28. The van der Waals surface area contributed by atoms with Crippen LogP contribution in [-0.2, 0) is 17.9 Å². The van der Waals surface area contributed by atoms with Gasteiger partial charge in [0, 0.05) is 44.6 Å². The Labute approximate surface area is 171 Å². The molecule has 1 aliphatic rings. The lowest BCUT2D eigenvalue weighted by Crippen LogP contribution is -2.49. The maximum absolute atomic E-state index is 12.5. The molecule has 146 valence electrons. The van der Waals surface area contributed by atoms with E-state index in [9.17, 15) is 4.79 Å². The lowest BCUT2D eigenvalue weighted by Gasteiger charge is -2.35. The van der Waals surface area contributed by atoms with Crippen molar-refractivity contribution >= 4 is 28.0 Å². The van der Waals surface area contributed by atoms with E-state index in [-0.39, 0.29) is 5.91 Å². The first-order chi connectivity index (χ1) is 13.7. The van der Waals surface area contributed by atoms with E-state index in [1.54, 1.807) is 11.3 Å². The molecule has 1 saturated heterocycles. The van der Waals surface area contributed by atoms with Gasteiger partial charge in [0.1, 0.15) is 0 Å². The highest BCUT2D eigenvalue weighted by molar-refractivity contribution is 7.09. The van der Waals surface area contributed by atoms with E-state index in [2.05, 4.69) is 63.7 Å². The number of hydrogen-bond donors (Lipinski definition) is 0. The fourth-order valence-electron chi connectivity index (χ4n) is 3.81. The van der Waals surface area contributed by atoms with Crippen molar-refractivity contribution in [3.8, 4) is 0 Å². The molecular weight excluding hydrogens is 366 g/mol. The second-order valence-corrected chi connectivity index (χ2v) is 8.55. The largest absolute Gasteiger partial charge is 0.340 e. The van der Waals surface area contributed by atoms with E-state index in [1.807, 2.05) is 18.0 Å². The van der Waals surface area contributed by atoms with Gasteiger partial charge in [-0.3, -0.25) is 14.6 Å². The van der Waals surface area contributed by atoms with Gasteiger partial charge in [-0.1, -0.05) is 48.5 Å². The number of rotatable bonds is 6. The van der Waals surface area contributed by atoms with Gasteiger partial charge in [0.25, 0.3) is 0 Å². The average Bonchev–Trinajstić information content (AvgIpc) is 3.23. The van der Waals surface area contributed by atoms with Crippen molar-refractivity contribution in [3.05, 3.63) is 70.4 Å². The standard InChI is InChI=1S/C23H27N3OS/c1-24(17-21-9-5-15-28-21)23(27)18-26-13-11-25(12-14-26)16-20-8-4-7-19-6-2-3-10-22(19)20/h2-10,15H,11-14,16-18H2,1H3. The molecule has 1 aliphatic heterocycles. The van der Waals surface area contributed by atoms with Crippen LogP contribution >= 0.6 is 11.3 Å². The van der Waals surface area contributed by atoms with Crippen molar-refractivity contribution in [3.63, 3.8) is 0 Å². The normalized spacial score (nSPS) is 15.8. The first-order valence-corrected chi connectivity index (χ1v) is 10.7.